The van der Waals surface area contributed by atoms with E-state index in [-0.39, 0.29) is 5.41 Å². The Morgan fingerprint density at radius 3 is 2.57 bits per heavy atom. The van der Waals surface area contributed by atoms with Crippen molar-refractivity contribution in [1.29, 1.82) is 0 Å². The van der Waals surface area contributed by atoms with Crippen LogP contribution in [0.4, 0.5) is 0 Å². The predicted molar refractivity (Wildman–Crippen MR) is 58.8 cm³/mol. The number of aromatic amines is 1. The van der Waals surface area contributed by atoms with Gasteiger partial charge in [0.1, 0.15) is 5.82 Å². The Bertz CT molecular complexity index is 371. The molecule has 0 amide bonds. The summed E-state index contributed by atoms with van der Waals surface area (Å²) in [5.41, 5.74) is 0.287. The Morgan fingerprint density at radius 2 is 2.14 bits per heavy atom. The molecule has 1 saturated carbocycles. The number of hydrogen-bond acceptors (Lipinski definition) is 2. The van der Waals surface area contributed by atoms with Gasteiger partial charge in [-0.15, -0.1) is 0 Å². The second-order valence-corrected chi connectivity index (χ2v) is 4.62. The van der Waals surface area contributed by atoms with Crippen LogP contribution in [0.3, 0.4) is 0 Å². The van der Waals surface area contributed by atoms with E-state index in [0.717, 1.165) is 12.2 Å². The van der Waals surface area contributed by atoms with Crippen molar-refractivity contribution in [2.45, 2.75) is 44.4 Å². The molecule has 0 bridgehead atoms. The molecule has 1 aromatic rings. The zero-order valence-corrected chi connectivity index (χ0v) is 9.65. The van der Waals surface area contributed by atoms with Crippen LogP contribution in [0.1, 0.15) is 44.9 Å². The zero-order valence-electron chi connectivity index (χ0n) is 8.84. The molecule has 0 radical (unpaired) electrons. The van der Waals surface area contributed by atoms with Crippen LogP contribution in [-0.4, -0.2) is 14.8 Å². The molecule has 78 valence electrons. The lowest BCUT2D eigenvalue weighted by atomic mass is 9.83. The summed E-state index contributed by atoms with van der Waals surface area (Å²) in [7, 11) is 1.93. The third kappa shape index (κ3) is 1.41. The first-order valence-electron chi connectivity index (χ1n) is 5.31. The van der Waals surface area contributed by atoms with Gasteiger partial charge in [-0.05, 0) is 31.5 Å². The van der Waals surface area contributed by atoms with Gasteiger partial charge < -0.3 is 0 Å². The van der Waals surface area contributed by atoms with E-state index < -0.39 is 0 Å². The van der Waals surface area contributed by atoms with Crippen molar-refractivity contribution < 1.29 is 0 Å². The first-order chi connectivity index (χ1) is 6.68. The van der Waals surface area contributed by atoms with E-state index in [2.05, 4.69) is 17.0 Å². The number of nitrogens with one attached hydrogen (secondary N) is 1. The van der Waals surface area contributed by atoms with Crippen molar-refractivity contribution in [3.05, 3.63) is 10.6 Å². The van der Waals surface area contributed by atoms with Crippen LogP contribution >= 0.6 is 12.2 Å². The second-order valence-electron chi connectivity index (χ2n) is 4.25. The zero-order chi connectivity index (χ0) is 10.2. The first-order valence-corrected chi connectivity index (χ1v) is 5.72. The summed E-state index contributed by atoms with van der Waals surface area (Å²) >= 11 is 5.13. The molecule has 1 aliphatic rings. The maximum absolute atomic E-state index is 5.13. The minimum atomic E-state index is 0.287. The van der Waals surface area contributed by atoms with Gasteiger partial charge in [0.2, 0.25) is 4.77 Å². The molecule has 2 rings (SSSR count). The van der Waals surface area contributed by atoms with E-state index in [1.165, 1.54) is 25.7 Å². The molecule has 0 unspecified atom stereocenters. The third-order valence-electron chi connectivity index (χ3n) is 3.51. The summed E-state index contributed by atoms with van der Waals surface area (Å²) in [6.45, 7) is 2.25. The van der Waals surface area contributed by atoms with E-state index >= 15 is 0 Å². The quantitative estimate of drug-likeness (QED) is 0.763. The van der Waals surface area contributed by atoms with Crippen molar-refractivity contribution in [2.24, 2.45) is 7.05 Å². The molecule has 14 heavy (non-hydrogen) atoms. The van der Waals surface area contributed by atoms with Crippen molar-refractivity contribution in [3.8, 4) is 0 Å². The minimum Gasteiger partial charge on any atom is -0.283 e. The van der Waals surface area contributed by atoms with Crippen molar-refractivity contribution in [1.82, 2.24) is 14.8 Å². The van der Waals surface area contributed by atoms with Crippen molar-refractivity contribution in [3.63, 3.8) is 0 Å². The highest BCUT2D eigenvalue weighted by atomic mass is 32.1. The first kappa shape index (κ1) is 9.90. The van der Waals surface area contributed by atoms with Gasteiger partial charge in [-0.1, -0.05) is 19.8 Å². The highest BCUT2D eigenvalue weighted by Gasteiger charge is 2.36. The van der Waals surface area contributed by atoms with E-state index in [4.69, 9.17) is 12.2 Å². The Morgan fingerprint density at radius 1 is 1.50 bits per heavy atom. The topological polar surface area (TPSA) is 33.6 Å². The average molecular weight is 211 g/mol. The summed E-state index contributed by atoms with van der Waals surface area (Å²) in [4.78, 5) is 4.46. The van der Waals surface area contributed by atoms with Crippen LogP contribution in [0, 0.1) is 4.77 Å². The number of rotatable bonds is 2. The second kappa shape index (κ2) is 3.50. The van der Waals surface area contributed by atoms with E-state index in [1.807, 2.05) is 11.7 Å². The van der Waals surface area contributed by atoms with Gasteiger partial charge in [0, 0.05) is 12.5 Å². The molecule has 1 N–H and O–H groups in total. The molecule has 0 aliphatic heterocycles. The SMILES string of the molecule is CCC1(c2nc(=S)n(C)[nH]2)CCCC1. The molecular weight excluding hydrogens is 194 g/mol. The molecule has 0 saturated heterocycles. The Balaban J connectivity index is 2.40. The van der Waals surface area contributed by atoms with Gasteiger partial charge in [-0.2, -0.15) is 0 Å². The molecule has 4 heteroatoms. The molecule has 1 fully saturated rings. The maximum atomic E-state index is 5.13. The van der Waals surface area contributed by atoms with Crippen LogP contribution in [-0.2, 0) is 12.5 Å². The Labute approximate surface area is 89.5 Å². The molecule has 1 aliphatic carbocycles. The third-order valence-corrected chi connectivity index (χ3v) is 3.87. The molecule has 0 aromatic carbocycles. The smallest absolute Gasteiger partial charge is 0.215 e. The lowest BCUT2D eigenvalue weighted by molar-refractivity contribution is 0.397. The van der Waals surface area contributed by atoms with Crippen LogP contribution in [0.5, 0.6) is 0 Å². The molecule has 1 aromatic heterocycles. The van der Waals surface area contributed by atoms with E-state index in [9.17, 15) is 0 Å². The fourth-order valence-electron chi connectivity index (χ4n) is 2.45. The highest BCUT2D eigenvalue weighted by Crippen LogP contribution is 2.41. The lowest BCUT2D eigenvalue weighted by Crippen LogP contribution is -2.22. The number of aromatic nitrogens is 3. The normalized spacial score (nSPS) is 20.1. The number of nitrogens with zero attached hydrogens (tertiary/aromatic N) is 2. The van der Waals surface area contributed by atoms with Crippen LogP contribution in [0.2, 0.25) is 0 Å². The maximum Gasteiger partial charge on any atom is 0.215 e. The highest BCUT2D eigenvalue weighted by molar-refractivity contribution is 7.71. The average Bonchev–Trinajstić information content (AvgIpc) is 2.75. The standard InChI is InChI=1S/C10H17N3S/c1-3-10(6-4-5-7-10)8-11-9(14)13(2)12-8/h3-7H2,1-2H3,(H,11,12,14). The number of aryl methyl sites for hydroxylation is 1. The van der Waals surface area contributed by atoms with Gasteiger partial charge in [-0.3, -0.25) is 9.78 Å². The summed E-state index contributed by atoms with van der Waals surface area (Å²) < 4.78 is 2.50. The largest absolute Gasteiger partial charge is 0.283 e. The summed E-state index contributed by atoms with van der Waals surface area (Å²) in [5, 5.41) is 3.28. The number of hydrogen-bond donors (Lipinski definition) is 1. The fraction of sp³-hybridized carbons (Fsp3) is 0.800. The summed E-state index contributed by atoms with van der Waals surface area (Å²) in [6.07, 6.45) is 6.32. The van der Waals surface area contributed by atoms with E-state index in [1.54, 1.807) is 0 Å². The van der Waals surface area contributed by atoms with Gasteiger partial charge >= 0.3 is 0 Å². The van der Waals surface area contributed by atoms with E-state index in [0.29, 0.717) is 4.77 Å². The summed E-state index contributed by atoms with van der Waals surface area (Å²) in [5.74, 6) is 1.10. The molecule has 3 nitrogen and oxygen atoms in total. The fourth-order valence-corrected chi connectivity index (χ4v) is 2.59. The molecule has 0 atom stereocenters. The van der Waals surface area contributed by atoms with Crippen LogP contribution in [0.25, 0.3) is 0 Å². The van der Waals surface area contributed by atoms with Gasteiger partial charge in [-0.25, -0.2) is 4.98 Å². The van der Waals surface area contributed by atoms with Crippen molar-refractivity contribution >= 4 is 12.2 Å². The monoisotopic (exact) mass is 211 g/mol. The van der Waals surface area contributed by atoms with Crippen molar-refractivity contribution in [2.75, 3.05) is 0 Å². The van der Waals surface area contributed by atoms with Gasteiger partial charge in [0.25, 0.3) is 0 Å². The van der Waals surface area contributed by atoms with Crippen LogP contribution < -0.4 is 0 Å². The Kier molecular flexibility index (Phi) is 2.47. The lowest BCUT2D eigenvalue weighted by Gasteiger charge is -2.24. The summed E-state index contributed by atoms with van der Waals surface area (Å²) in [6, 6.07) is 0. The Hall–Kier alpha value is -0.640. The predicted octanol–water partition coefficient (Wildman–Crippen LogP) is 2.70. The molecular formula is C10H17N3S. The molecule has 1 heterocycles. The van der Waals surface area contributed by atoms with Gasteiger partial charge in [0.05, 0.1) is 0 Å². The van der Waals surface area contributed by atoms with Gasteiger partial charge in [0.15, 0.2) is 0 Å². The minimum absolute atomic E-state index is 0.287. The molecule has 0 spiro atoms. The number of H-pyrrole nitrogens is 1. The van der Waals surface area contributed by atoms with Crippen LogP contribution in [0.15, 0.2) is 0 Å².